The Kier molecular flexibility index (Phi) is 4.75. The van der Waals surface area contributed by atoms with Crippen molar-refractivity contribution in [2.45, 2.75) is 17.7 Å². The second-order valence-corrected chi connectivity index (χ2v) is 8.39. The molecule has 0 unspecified atom stereocenters. The molecule has 2 aromatic carbocycles. The van der Waals surface area contributed by atoms with E-state index in [1.165, 1.54) is 16.4 Å². The van der Waals surface area contributed by atoms with Gasteiger partial charge in [-0.05, 0) is 43.2 Å². The van der Waals surface area contributed by atoms with Gasteiger partial charge in [0.2, 0.25) is 10.0 Å². The number of carbonyl (C=O) groups is 1. The fourth-order valence-electron chi connectivity index (χ4n) is 3.20. The number of rotatable bonds is 4. The molecular formula is C19H20N2O5S. The molecule has 0 radical (unpaired) electrons. The molecule has 1 N–H and O–H groups in total. The summed E-state index contributed by atoms with van der Waals surface area (Å²) >= 11 is 0. The zero-order valence-corrected chi connectivity index (χ0v) is 15.5. The molecule has 142 valence electrons. The van der Waals surface area contributed by atoms with Gasteiger partial charge in [0.05, 0.1) is 4.90 Å². The van der Waals surface area contributed by atoms with Crippen LogP contribution in [0.25, 0.3) is 0 Å². The number of benzene rings is 2. The first-order valence-electron chi connectivity index (χ1n) is 8.85. The number of sulfonamides is 1. The highest BCUT2D eigenvalue weighted by molar-refractivity contribution is 7.89. The summed E-state index contributed by atoms with van der Waals surface area (Å²) in [5, 5.41) is 2.77. The minimum atomic E-state index is -3.56. The first-order chi connectivity index (χ1) is 13.0. The Hall–Kier alpha value is -2.58. The van der Waals surface area contributed by atoms with Crippen molar-refractivity contribution in [1.29, 1.82) is 0 Å². The minimum Gasteiger partial charge on any atom is -0.486 e. The van der Waals surface area contributed by atoms with Crippen LogP contribution in [0.3, 0.4) is 0 Å². The number of fused-ring (bicyclic) bond motifs is 1. The summed E-state index contributed by atoms with van der Waals surface area (Å²) in [5.41, 5.74) is 0.835. The first kappa shape index (κ1) is 17.8. The Labute approximate surface area is 157 Å². The van der Waals surface area contributed by atoms with Gasteiger partial charge in [-0.2, -0.15) is 4.31 Å². The molecule has 2 heterocycles. The van der Waals surface area contributed by atoms with Gasteiger partial charge in [0, 0.05) is 30.4 Å². The van der Waals surface area contributed by atoms with Crippen LogP contribution in [0.5, 0.6) is 11.5 Å². The van der Waals surface area contributed by atoms with E-state index in [9.17, 15) is 13.2 Å². The largest absolute Gasteiger partial charge is 0.486 e. The predicted molar refractivity (Wildman–Crippen MR) is 99.8 cm³/mol. The van der Waals surface area contributed by atoms with E-state index < -0.39 is 10.0 Å². The Balaban J connectivity index is 1.54. The zero-order chi connectivity index (χ0) is 18.9. The number of carbonyl (C=O) groups excluding carboxylic acids is 1. The van der Waals surface area contributed by atoms with Gasteiger partial charge in [0.1, 0.15) is 13.2 Å². The highest BCUT2D eigenvalue weighted by Gasteiger charge is 2.27. The van der Waals surface area contributed by atoms with Crippen molar-refractivity contribution in [1.82, 2.24) is 4.31 Å². The highest BCUT2D eigenvalue weighted by Crippen LogP contribution is 2.32. The molecule has 1 amide bonds. The zero-order valence-electron chi connectivity index (χ0n) is 14.7. The second kappa shape index (κ2) is 7.21. The minimum absolute atomic E-state index is 0.138. The maximum absolute atomic E-state index is 12.7. The van der Waals surface area contributed by atoms with Crippen LogP contribution < -0.4 is 14.8 Å². The maximum atomic E-state index is 12.7. The molecule has 0 spiro atoms. The van der Waals surface area contributed by atoms with Crippen molar-refractivity contribution in [3.8, 4) is 11.5 Å². The number of hydrogen-bond acceptors (Lipinski definition) is 5. The van der Waals surface area contributed by atoms with Gasteiger partial charge < -0.3 is 14.8 Å². The molecule has 0 saturated carbocycles. The van der Waals surface area contributed by atoms with Gasteiger partial charge in [-0.15, -0.1) is 0 Å². The molecule has 0 aromatic heterocycles. The summed E-state index contributed by atoms with van der Waals surface area (Å²) in [4.78, 5) is 12.7. The van der Waals surface area contributed by atoms with Crippen LogP contribution in [0, 0.1) is 0 Å². The molecule has 2 aromatic rings. The summed E-state index contributed by atoms with van der Waals surface area (Å²) in [6.07, 6.45) is 1.73. The summed E-state index contributed by atoms with van der Waals surface area (Å²) in [5.74, 6) is 0.826. The maximum Gasteiger partial charge on any atom is 0.255 e. The van der Waals surface area contributed by atoms with Crippen molar-refractivity contribution in [3.63, 3.8) is 0 Å². The van der Waals surface area contributed by atoms with Crippen molar-refractivity contribution in [2.24, 2.45) is 0 Å². The molecule has 1 saturated heterocycles. The molecular weight excluding hydrogens is 368 g/mol. The number of nitrogens with zero attached hydrogens (tertiary/aromatic N) is 1. The Morgan fingerprint density at radius 2 is 1.70 bits per heavy atom. The molecule has 8 heteroatoms. The van der Waals surface area contributed by atoms with Crippen LogP contribution in [0.15, 0.2) is 47.4 Å². The van der Waals surface area contributed by atoms with E-state index in [0.717, 1.165) is 12.8 Å². The van der Waals surface area contributed by atoms with Crippen molar-refractivity contribution < 1.29 is 22.7 Å². The van der Waals surface area contributed by atoms with E-state index in [2.05, 4.69) is 5.32 Å². The SMILES string of the molecule is O=C(Nc1ccc2c(c1)OCCO2)c1cccc(S(=O)(=O)N2CCCC2)c1. The topological polar surface area (TPSA) is 84.9 Å². The standard InChI is InChI=1S/C19H20N2O5S/c22-19(20-15-6-7-17-18(13-15)26-11-10-25-17)14-4-3-5-16(12-14)27(23,24)21-8-1-2-9-21/h3-7,12-13H,1-2,8-11H2,(H,20,22). The van der Waals surface area contributed by atoms with Crippen molar-refractivity contribution in [2.75, 3.05) is 31.6 Å². The molecule has 27 heavy (non-hydrogen) atoms. The summed E-state index contributed by atoms with van der Waals surface area (Å²) in [6, 6.07) is 11.3. The molecule has 1 fully saturated rings. The molecule has 2 aliphatic rings. The van der Waals surface area contributed by atoms with E-state index in [1.54, 1.807) is 30.3 Å². The van der Waals surface area contributed by atoms with Crippen LogP contribution in [0.1, 0.15) is 23.2 Å². The van der Waals surface area contributed by atoms with Gasteiger partial charge in [0.25, 0.3) is 5.91 Å². The molecule has 7 nitrogen and oxygen atoms in total. The fourth-order valence-corrected chi connectivity index (χ4v) is 4.76. The van der Waals surface area contributed by atoms with Gasteiger partial charge in [-0.1, -0.05) is 6.07 Å². The first-order valence-corrected chi connectivity index (χ1v) is 10.3. The predicted octanol–water partition coefficient (Wildman–Crippen LogP) is 2.49. The fraction of sp³-hybridized carbons (Fsp3) is 0.316. The van der Waals surface area contributed by atoms with Crippen LogP contribution in [0.2, 0.25) is 0 Å². The molecule has 0 bridgehead atoms. The van der Waals surface area contributed by atoms with E-state index in [-0.39, 0.29) is 16.4 Å². The lowest BCUT2D eigenvalue weighted by Gasteiger charge is -2.19. The lowest BCUT2D eigenvalue weighted by molar-refractivity contribution is 0.102. The van der Waals surface area contributed by atoms with Gasteiger partial charge in [-0.25, -0.2) is 8.42 Å². The highest BCUT2D eigenvalue weighted by atomic mass is 32.2. The summed E-state index contributed by atoms with van der Waals surface area (Å²) in [7, 11) is -3.56. The lowest BCUT2D eigenvalue weighted by Crippen LogP contribution is -2.28. The van der Waals surface area contributed by atoms with E-state index in [4.69, 9.17) is 9.47 Å². The third kappa shape index (κ3) is 3.63. The quantitative estimate of drug-likeness (QED) is 0.870. The van der Waals surface area contributed by atoms with E-state index in [0.29, 0.717) is 43.5 Å². The summed E-state index contributed by atoms with van der Waals surface area (Å²) < 4.78 is 37.8. The van der Waals surface area contributed by atoms with Crippen LogP contribution in [-0.2, 0) is 10.0 Å². The molecule has 0 atom stereocenters. The lowest BCUT2D eigenvalue weighted by atomic mass is 10.2. The summed E-state index contributed by atoms with van der Waals surface area (Å²) in [6.45, 7) is 2.00. The third-order valence-electron chi connectivity index (χ3n) is 4.60. The normalized spacial score (nSPS) is 16.9. The van der Waals surface area contributed by atoms with E-state index >= 15 is 0 Å². The number of amides is 1. The van der Waals surface area contributed by atoms with Crippen molar-refractivity contribution in [3.05, 3.63) is 48.0 Å². The molecule has 2 aliphatic heterocycles. The van der Waals surface area contributed by atoms with Crippen LogP contribution >= 0.6 is 0 Å². The van der Waals surface area contributed by atoms with Crippen molar-refractivity contribution >= 4 is 21.6 Å². The monoisotopic (exact) mass is 388 g/mol. The number of nitrogens with one attached hydrogen (secondary N) is 1. The van der Waals surface area contributed by atoms with Crippen LogP contribution in [0.4, 0.5) is 5.69 Å². The smallest absolute Gasteiger partial charge is 0.255 e. The van der Waals surface area contributed by atoms with E-state index in [1.807, 2.05) is 0 Å². The van der Waals surface area contributed by atoms with Gasteiger partial charge in [-0.3, -0.25) is 4.79 Å². The third-order valence-corrected chi connectivity index (χ3v) is 6.49. The Morgan fingerprint density at radius 3 is 2.48 bits per heavy atom. The average molecular weight is 388 g/mol. The average Bonchev–Trinajstić information content (AvgIpc) is 3.24. The number of anilines is 1. The Bertz CT molecular complexity index is 968. The molecule has 4 rings (SSSR count). The second-order valence-electron chi connectivity index (χ2n) is 6.45. The number of ether oxygens (including phenoxy) is 2. The molecule has 0 aliphatic carbocycles. The van der Waals surface area contributed by atoms with Crippen LogP contribution in [-0.4, -0.2) is 44.9 Å². The number of hydrogen-bond donors (Lipinski definition) is 1. The van der Waals surface area contributed by atoms with Gasteiger partial charge >= 0.3 is 0 Å². The Morgan fingerprint density at radius 1 is 0.963 bits per heavy atom. The van der Waals surface area contributed by atoms with Gasteiger partial charge in [0.15, 0.2) is 11.5 Å².